The molecule has 0 aromatic heterocycles. The molecule has 5 heteroatoms. The molecule has 1 heterocycles. The lowest BCUT2D eigenvalue weighted by atomic mass is 10.0. The molecule has 1 aliphatic heterocycles. The molecule has 0 radical (unpaired) electrons. The second-order valence-corrected chi connectivity index (χ2v) is 5.13. The summed E-state index contributed by atoms with van der Waals surface area (Å²) >= 11 is 0. The van der Waals surface area contributed by atoms with Gasteiger partial charge in [-0.3, -0.25) is 0 Å². The van der Waals surface area contributed by atoms with E-state index in [-0.39, 0.29) is 18.5 Å². The van der Waals surface area contributed by atoms with Gasteiger partial charge in [0.1, 0.15) is 5.82 Å². The number of ether oxygens (including phenoxy) is 1. The van der Waals surface area contributed by atoms with E-state index < -0.39 is 6.10 Å². The van der Waals surface area contributed by atoms with Crippen molar-refractivity contribution >= 4 is 5.69 Å². The zero-order valence-electron chi connectivity index (χ0n) is 11.8. The van der Waals surface area contributed by atoms with E-state index in [1.165, 1.54) is 6.07 Å². The Morgan fingerprint density at radius 3 is 2.70 bits per heavy atom. The number of hydrogen-bond donors (Lipinski definition) is 2. The van der Waals surface area contributed by atoms with Gasteiger partial charge in [-0.25, -0.2) is 4.39 Å². The minimum atomic E-state index is -0.691. The van der Waals surface area contributed by atoms with Crippen molar-refractivity contribution in [3.05, 3.63) is 29.6 Å². The summed E-state index contributed by atoms with van der Waals surface area (Å²) < 4.78 is 19.6. The first-order valence-electron chi connectivity index (χ1n) is 7.07. The van der Waals surface area contributed by atoms with Gasteiger partial charge < -0.3 is 19.8 Å². The maximum atomic E-state index is 14.1. The van der Waals surface area contributed by atoms with Crippen LogP contribution in [-0.4, -0.2) is 42.6 Å². The smallest absolute Gasteiger partial charge is 0.146 e. The lowest BCUT2D eigenvalue weighted by molar-refractivity contribution is 0.0158. The summed E-state index contributed by atoms with van der Waals surface area (Å²) in [5, 5.41) is 18.5. The van der Waals surface area contributed by atoms with Crippen molar-refractivity contribution < 1.29 is 19.3 Å². The first-order valence-corrected chi connectivity index (χ1v) is 7.07. The predicted octanol–water partition coefficient (Wildman–Crippen LogP) is 1.86. The van der Waals surface area contributed by atoms with Gasteiger partial charge in [0.15, 0.2) is 0 Å². The normalized spacial score (nSPS) is 18.3. The topological polar surface area (TPSA) is 52.9 Å². The number of rotatable bonds is 5. The maximum absolute atomic E-state index is 14.1. The van der Waals surface area contributed by atoms with Gasteiger partial charge in [-0.2, -0.15) is 0 Å². The molecule has 0 aliphatic carbocycles. The van der Waals surface area contributed by atoms with E-state index in [0.717, 1.165) is 12.8 Å². The van der Waals surface area contributed by atoms with Crippen LogP contribution < -0.4 is 4.90 Å². The number of piperidine rings is 1. The second-order valence-electron chi connectivity index (χ2n) is 5.13. The average Bonchev–Trinajstić information content (AvgIpc) is 2.45. The van der Waals surface area contributed by atoms with Crippen molar-refractivity contribution in [2.24, 2.45) is 0 Å². The zero-order valence-corrected chi connectivity index (χ0v) is 11.8. The van der Waals surface area contributed by atoms with Crippen molar-refractivity contribution in [2.45, 2.75) is 32.0 Å². The fraction of sp³-hybridized carbons (Fsp3) is 0.600. The summed E-state index contributed by atoms with van der Waals surface area (Å²) in [5.74, 6) is -0.293. The first-order chi connectivity index (χ1) is 9.63. The molecule has 0 spiro atoms. The molecule has 1 aromatic rings. The van der Waals surface area contributed by atoms with Crippen LogP contribution in [0.2, 0.25) is 0 Å². The van der Waals surface area contributed by atoms with Crippen LogP contribution in [0.5, 0.6) is 0 Å². The molecule has 0 amide bonds. The Kier molecular flexibility index (Phi) is 5.34. The number of benzene rings is 1. The molecule has 1 aliphatic rings. The number of nitrogens with zero attached hydrogens (tertiary/aromatic N) is 1. The Morgan fingerprint density at radius 2 is 2.10 bits per heavy atom. The van der Waals surface area contributed by atoms with Crippen molar-refractivity contribution in [1.29, 1.82) is 0 Å². The SMILES string of the molecule is C[C@@H](O)c1cccc(F)c1N1CCC(OCCO)CC1. The fourth-order valence-electron chi connectivity index (χ4n) is 2.67. The number of para-hydroxylation sites is 1. The van der Waals surface area contributed by atoms with Gasteiger partial charge in [-0.05, 0) is 25.8 Å². The van der Waals surface area contributed by atoms with Crippen LogP contribution in [0.4, 0.5) is 10.1 Å². The van der Waals surface area contributed by atoms with Crippen molar-refractivity contribution in [3.63, 3.8) is 0 Å². The summed E-state index contributed by atoms with van der Waals surface area (Å²) in [5.41, 5.74) is 1.13. The minimum absolute atomic E-state index is 0.0275. The van der Waals surface area contributed by atoms with Gasteiger partial charge in [0.25, 0.3) is 0 Å². The number of aliphatic hydroxyl groups excluding tert-OH is 2. The molecule has 4 nitrogen and oxygen atoms in total. The van der Waals surface area contributed by atoms with Gasteiger partial charge in [0, 0.05) is 18.7 Å². The number of aliphatic hydroxyl groups is 2. The highest BCUT2D eigenvalue weighted by atomic mass is 19.1. The standard InChI is InChI=1S/C15H22FNO3/c1-11(19)13-3-2-4-14(16)15(13)17-7-5-12(6-8-17)20-10-9-18/h2-4,11-12,18-19H,5-10H2,1H3/t11-/m1/s1. The minimum Gasteiger partial charge on any atom is -0.394 e. The Balaban J connectivity index is 2.07. The highest BCUT2D eigenvalue weighted by Crippen LogP contribution is 2.31. The lowest BCUT2D eigenvalue weighted by Crippen LogP contribution is -2.38. The first kappa shape index (κ1) is 15.2. The molecule has 0 saturated carbocycles. The van der Waals surface area contributed by atoms with Crippen LogP contribution in [0.3, 0.4) is 0 Å². The van der Waals surface area contributed by atoms with Crippen LogP contribution >= 0.6 is 0 Å². The zero-order chi connectivity index (χ0) is 14.5. The molecule has 1 aromatic carbocycles. The van der Waals surface area contributed by atoms with E-state index in [1.54, 1.807) is 19.1 Å². The Morgan fingerprint density at radius 1 is 1.40 bits per heavy atom. The van der Waals surface area contributed by atoms with Crippen molar-refractivity contribution in [3.8, 4) is 0 Å². The van der Waals surface area contributed by atoms with Gasteiger partial charge in [-0.15, -0.1) is 0 Å². The van der Waals surface area contributed by atoms with E-state index >= 15 is 0 Å². The molecule has 0 unspecified atom stereocenters. The van der Waals surface area contributed by atoms with E-state index in [1.807, 2.05) is 4.90 Å². The third kappa shape index (κ3) is 3.48. The van der Waals surface area contributed by atoms with Crippen LogP contribution in [0, 0.1) is 5.82 Å². The van der Waals surface area contributed by atoms with Crippen molar-refractivity contribution in [1.82, 2.24) is 0 Å². The number of hydrogen-bond acceptors (Lipinski definition) is 4. The summed E-state index contributed by atoms with van der Waals surface area (Å²) in [6.07, 6.45) is 1.03. The van der Waals surface area contributed by atoms with Crippen LogP contribution in [-0.2, 0) is 4.74 Å². The molecule has 0 bridgehead atoms. The van der Waals surface area contributed by atoms with E-state index in [4.69, 9.17) is 9.84 Å². The van der Waals surface area contributed by atoms with Gasteiger partial charge in [-0.1, -0.05) is 12.1 Å². The van der Waals surface area contributed by atoms with E-state index in [9.17, 15) is 9.50 Å². The Bertz CT molecular complexity index is 431. The summed E-state index contributed by atoms with van der Waals surface area (Å²) in [4.78, 5) is 1.97. The molecule has 1 saturated heterocycles. The Labute approximate surface area is 118 Å². The third-order valence-electron chi connectivity index (χ3n) is 3.67. The van der Waals surface area contributed by atoms with Gasteiger partial charge in [0.2, 0.25) is 0 Å². The fourth-order valence-corrected chi connectivity index (χ4v) is 2.67. The Hall–Kier alpha value is -1.17. The summed E-state index contributed by atoms with van der Waals surface area (Å²) in [6, 6.07) is 4.81. The molecule has 2 N–H and O–H groups in total. The van der Waals surface area contributed by atoms with E-state index in [2.05, 4.69) is 0 Å². The highest BCUT2D eigenvalue weighted by molar-refractivity contribution is 5.56. The third-order valence-corrected chi connectivity index (χ3v) is 3.67. The predicted molar refractivity (Wildman–Crippen MR) is 75.3 cm³/mol. The summed E-state index contributed by atoms with van der Waals surface area (Å²) in [6.45, 7) is 3.41. The van der Waals surface area contributed by atoms with E-state index in [0.29, 0.717) is 30.9 Å². The number of anilines is 1. The van der Waals surface area contributed by atoms with Gasteiger partial charge in [0.05, 0.1) is 31.1 Å². The van der Waals surface area contributed by atoms with Crippen LogP contribution in [0.25, 0.3) is 0 Å². The molecule has 2 rings (SSSR count). The maximum Gasteiger partial charge on any atom is 0.146 e. The second kappa shape index (κ2) is 7.02. The van der Waals surface area contributed by atoms with Gasteiger partial charge >= 0.3 is 0 Å². The molecular weight excluding hydrogens is 261 g/mol. The lowest BCUT2D eigenvalue weighted by Gasteiger charge is -2.35. The molecule has 20 heavy (non-hydrogen) atoms. The molecule has 1 atom stereocenters. The molecular formula is C15H22FNO3. The molecule has 112 valence electrons. The largest absolute Gasteiger partial charge is 0.394 e. The number of halogens is 1. The quantitative estimate of drug-likeness (QED) is 0.866. The van der Waals surface area contributed by atoms with Crippen LogP contribution in [0.1, 0.15) is 31.4 Å². The highest BCUT2D eigenvalue weighted by Gasteiger charge is 2.24. The monoisotopic (exact) mass is 283 g/mol. The summed E-state index contributed by atoms with van der Waals surface area (Å²) in [7, 11) is 0. The van der Waals surface area contributed by atoms with Crippen LogP contribution in [0.15, 0.2) is 18.2 Å². The van der Waals surface area contributed by atoms with Crippen molar-refractivity contribution in [2.75, 3.05) is 31.2 Å². The molecule has 1 fully saturated rings. The average molecular weight is 283 g/mol.